The van der Waals surface area contributed by atoms with E-state index in [1.54, 1.807) is 13.8 Å². The van der Waals surface area contributed by atoms with Crippen LogP contribution in [-0.2, 0) is 9.47 Å². The molecule has 1 rings (SSSR count). The number of ether oxygens (including phenoxy) is 2. The van der Waals surface area contributed by atoms with Gasteiger partial charge in [-0.25, -0.2) is 0 Å². The fourth-order valence-corrected chi connectivity index (χ4v) is 0.707. The van der Waals surface area contributed by atoms with Crippen LogP contribution in [0.25, 0.3) is 0 Å². The second-order valence-electron chi connectivity index (χ2n) is 2.24. The minimum Gasteiger partial charge on any atom is -0.330 e. The van der Waals surface area contributed by atoms with Crippen molar-refractivity contribution in [3.8, 4) is 0 Å². The topological polar surface area (TPSA) is 18.5 Å². The van der Waals surface area contributed by atoms with Crippen molar-refractivity contribution in [2.75, 3.05) is 6.79 Å². The third-order valence-corrected chi connectivity index (χ3v) is 2.49. The first kappa shape index (κ1) is 7.61. The molecule has 2 unspecified atom stereocenters. The molecule has 0 saturated carbocycles. The molecule has 1 fully saturated rings. The first-order valence-corrected chi connectivity index (χ1v) is 3.37. The molecule has 0 aromatic rings. The van der Waals surface area contributed by atoms with Crippen LogP contribution in [0.3, 0.4) is 0 Å². The van der Waals surface area contributed by atoms with Gasteiger partial charge in [0.25, 0.3) is 0 Å². The van der Waals surface area contributed by atoms with Crippen LogP contribution < -0.4 is 0 Å². The summed E-state index contributed by atoms with van der Waals surface area (Å²) < 4.78 is 9.93. The Balaban J connectivity index is 2.75. The third kappa shape index (κ3) is 1.17. The second-order valence-corrected chi connectivity index (χ2v) is 3.68. The molecule has 2 nitrogen and oxygen atoms in total. The Morgan fingerprint density at radius 3 is 1.56 bits per heavy atom. The quantitative estimate of drug-likeness (QED) is 0.518. The van der Waals surface area contributed by atoms with E-state index < -0.39 is 10.1 Å². The summed E-state index contributed by atoms with van der Waals surface area (Å²) in [7, 11) is 0. The molecular formula is C5H8Cl2O2. The van der Waals surface area contributed by atoms with Gasteiger partial charge >= 0.3 is 0 Å². The highest BCUT2D eigenvalue weighted by Crippen LogP contribution is 2.41. The SMILES string of the molecule is CC1(Cl)OCOC1(C)Cl. The van der Waals surface area contributed by atoms with E-state index in [0.29, 0.717) is 0 Å². The van der Waals surface area contributed by atoms with E-state index in [1.165, 1.54) is 0 Å². The molecule has 0 radical (unpaired) electrons. The molecule has 4 heteroatoms. The predicted molar refractivity (Wildman–Crippen MR) is 35.6 cm³/mol. The van der Waals surface area contributed by atoms with Crippen LogP contribution in [0.2, 0.25) is 0 Å². The van der Waals surface area contributed by atoms with E-state index in [1.807, 2.05) is 0 Å². The highest BCUT2D eigenvalue weighted by atomic mass is 35.5. The smallest absolute Gasteiger partial charge is 0.184 e. The standard InChI is InChI=1S/C5H8Cl2O2/c1-4(6)5(2,7)9-3-8-4/h3H2,1-2H3. The molecule has 1 aliphatic rings. The predicted octanol–water partition coefficient (Wildman–Crippen LogP) is 1.90. The third-order valence-electron chi connectivity index (χ3n) is 1.46. The Labute approximate surface area is 64.0 Å². The lowest BCUT2D eigenvalue weighted by atomic mass is 10.2. The molecule has 0 aliphatic carbocycles. The van der Waals surface area contributed by atoms with Gasteiger partial charge in [0.2, 0.25) is 0 Å². The number of alkyl halides is 2. The zero-order chi connectivity index (χ0) is 7.12. The van der Waals surface area contributed by atoms with Crippen molar-refractivity contribution in [3.63, 3.8) is 0 Å². The van der Waals surface area contributed by atoms with Crippen molar-refractivity contribution >= 4 is 23.2 Å². The molecule has 0 aromatic heterocycles. The van der Waals surface area contributed by atoms with Crippen molar-refractivity contribution in [1.82, 2.24) is 0 Å². The van der Waals surface area contributed by atoms with Gasteiger partial charge in [-0.05, 0) is 13.8 Å². The van der Waals surface area contributed by atoms with Gasteiger partial charge < -0.3 is 9.47 Å². The molecule has 9 heavy (non-hydrogen) atoms. The summed E-state index contributed by atoms with van der Waals surface area (Å²) >= 11 is 11.6. The average molecular weight is 171 g/mol. The number of rotatable bonds is 0. The van der Waals surface area contributed by atoms with Crippen molar-refractivity contribution in [2.24, 2.45) is 0 Å². The van der Waals surface area contributed by atoms with Crippen LogP contribution >= 0.6 is 23.2 Å². The Bertz CT molecular complexity index is 108. The van der Waals surface area contributed by atoms with E-state index in [2.05, 4.69) is 0 Å². The molecule has 0 aromatic carbocycles. The van der Waals surface area contributed by atoms with Gasteiger partial charge in [-0.2, -0.15) is 0 Å². The fraction of sp³-hybridized carbons (Fsp3) is 1.00. The lowest BCUT2D eigenvalue weighted by molar-refractivity contribution is 0.0312. The van der Waals surface area contributed by atoms with E-state index in [0.717, 1.165) is 0 Å². The fourth-order valence-electron chi connectivity index (χ4n) is 0.509. The minimum absolute atomic E-state index is 0.167. The van der Waals surface area contributed by atoms with E-state index in [4.69, 9.17) is 32.7 Å². The van der Waals surface area contributed by atoms with Gasteiger partial charge in [-0.3, -0.25) is 0 Å². The van der Waals surface area contributed by atoms with E-state index >= 15 is 0 Å². The zero-order valence-electron chi connectivity index (χ0n) is 5.28. The maximum atomic E-state index is 5.78. The normalized spacial score (nSPS) is 52.0. The molecule has 1 aliphatic heterocycles. The van der Waals surface area contributed by atoms with Gasteiger partial charge in [0.15, 0.2) is 16.9 Å². The highest BCUT2D eigenvalue weighted by Gasteiger charge is 2.49. The van der Waals surface area contributed by atoms with Crippen molar-refractivity contribution in [2.45, 2.75) is 24.0 Å². The number of hydrogen-bond donors (Lipinski definition) is 0. The Kier molecular flexibility index (Phi) is 1.68. The summed E-state index contributed by atoms with van der Waals surface area (Å²) in [5, 5.41) is -1.79. The molecule has 0 amide bonds. The van der Waals surface area contributed by atoms with Crippen LogP contribution in [0.1, 0.15) is 13.8 Å². The molecule has 0 spiro atoms. The molecule has 0 N–H and O–H groups in total. The minimum atomic E-state index is -0.894. The average Bonchev–Trinajstić information content (AvgIpc) is 1.81. The first-order valence-electron chi connectivity index (χ1n) is 2.61. The van der Waals surface area contributed by atoms with Gasteiger partial charge in [0.1, 0.15) is 0 Å². The van der Waals surface area contributed by atoms with Crippen molar-refractivity contribution in [3.05, 3.63) is 0 Å². The second kappa shape index (κ2) is 1.99. The molecular weight excluding hydrogens is 163 g/mol. The van der Waals surface area contributed by atoms with Gasteiger partial charge in [0, 0.05) is 0 Å². The van der Waals surface area contributed by atoms with Crippen LogP contribution in [-0.4, -0.2) is 16.9 Å². The zero-order valence-corrected chi connectivity index (χ0v) is 6.79. The molecule has 0 bridgehead atoms. The first-order chi connectivity index (χ1) is 3.96. The summed E-state index contributed by atoms with van der Waals surface area (Å²) in [4.78, 5) is 0. The lowest BCUT2D eigenvalue weighted by Crippen LogP contribution is -2.36. The summed E-state index contributed by atoms with van der Waals surface area (Å²) in [5.74, 6) is 0. The highest BCUT2D eigenvalue weighted by molar-refractivity contribution is 6.33. The molecule has 2 atom stereocenters. The number of hydrogen-bond acceptors (Lipinski definition) is 2. The lowest BCUT2D eigenvalue weighted by Gasteiger charge is -2.25. The van der Waals surface area contributed by atoms with Gasteiger partial charge in [-0.1, -0.05) is 23.2 Å². The van der Waals surface area contributed by atoms with Crippen LogP contribution in [0.5, 0.6) is 0 Å². The Morgan fingerprint density at radius 2 is 1.44 bits per heavy atom. The van der Waals surface area contributed by atoms with Crippen molar-refractivity contribution < 1.29 is 9.47 Å². The van der Waals surface area contributed by atoms with Crippen LogP contribution in [0.4, 0.5) is 0 Å². The summed E-state index contributed by atoms with van der Waals surface area (Å²) in [6, 6.07) is 0. The van der Waals surface area contributed by atoms with Crippen molar-refractivity contribution in [1.29, 1.82) is 0 Å². The molecule has 54 valence electrons. The Morgan fingerprint density at radius 1 is 1.11 bits per heavy atom. The largest absolute Gasteiger partial charge is 0.330 e. The molecule has 1 heterocycles. The maximum Gasteiger partial charge on any atom is 0.184 e. The number of halogens is 2. The van der Waals surface area contributed by atoms with Gasteiger partial charge in [-0.15, -0.1) is 0 Å². The van der Waals surface area contributed by atoms with Gasteiger partial charge in [0.05, 0.1) is 0 Å². The van der Waals surface area contributed by atoms with Crippen LogP contribution in [0, 0.1) is 0 Å². The van der Waals surface area contributed by atoms with Crippen LogP contribution in [0.15, 0.2) is 0 Å². The van der Waals surface area contributed by atoms with E-state index in [9.17, 15) is 0 Å². The monoisotopic (exact) mass is 170 g/mol. The summed E-state index contributed by atoms with van der Waals surface area (Å²) in [5.41, 5.74) is 0. The maximum absolute atomic E-state index is 5.78. The molecule has 1 saturated heterocycles. The summed E-state index contributed by atoms with van der Waals surface area (Å²) in [6.45, 7) is 3.52. The Hall–Kier alpha value is 0.500. The summed E-state index contributed by atoms with van der Waals surface area (Å²) in [6.07, 6.45) is 0. The van der Waals surface area contributed by atoms with E-state index in [-0.39, 0.29) is 6.79 Å².